The SMILES string of the molecule is C[C@H](Oc1ccccc1[N+](=O)[O-])C(=O)Nc1cccc(C#N)c1. The number of anilines is 1. The summed E-state index contributed by atoms with van der Waals surface area (Å²) in [6, 6.07) is 14.2. The van der Waals surface area contributed by atoms with E-state index >= 15 is 0 Å². The van der Waals surface area contributed by atoms with E-state index in [0.29, 0.717) is 11.3 Å². The lowest BCUT2D eigenvalue weighted by atomic mass is 10.2. The van der Waals surface area contributed by atoms with E-state index < -0.39 is 16.9 Å². The average Bonchev–Trinajstić information content (AvgIpc) is 2.55. The number of amides is 1. The zero-order valence-corrected chi connectivity index (χ0v) is 12.2. The summed E-state index contributed by atoms with van der Waals surface area (Å²) in [5, 5.41) is 22.4. The van der Waals surface area contributed by atoms with Gasteiger partial charge in [-0.3, -0.25) is 14.9 Å². The maximum absolute atomic E-state index is 12.1. The number of nitriles is 1. The number of nitrogens with one attached hydrogen (secondary N) is 1. The van der Waals surface area contributed by atoms with Crippen molar-refractivity contribution in [2.45, 2.75) is 13.0 Å². The van der Waals surface area contributed by atoms with Crippen molar-refractivity contribution in [2.75, 3.05) is 5.32 Å². The number of rotatable bonds is 5. The highest BCUT2D eigenvalue weighted by atomic mass is 16.6. The van der Waals surface area contributed by atoms with Gasteiger partial charge in [-0.05, 0) is 31.2 Å². The van der Waals surface area contributed by atoms with Gasteiger partial charge in [0, 0.05) is 11.8 Å². The summed E-state index contributed by atoms with van der Waals surface area (Å²) in [4.78, 5) is 22.5. The van der Waals surface area contributed by atoms with Crippen molar-refractivity contribution in [1.82, 2.24) is 0 Å². The molecule has 116 valence electrons. The first-order chi connectivity index (χ1) is 11.0. The maximum Gasteiger partial charge on any atom is 0.310 e. The molecular formula is C16H13N3O4. The Morgan fingerprint density at radius 3 is 2.74 bits per heavy atom. The second kappa shape index (κ2) is 7.04. The summed E-state index contributed by atoms with van der Waals surface area (Å²) < 4.78 is 5.38. The highest BCUT2D eigenvalue weighted by molar-refractivity contribution is 5.94. The van der Waals surface area contributed by atoms with E-state index in [1.165, 1.54) is 31.2 Å². The van der Waals surface area contributed by atoms with Crippen molar-refractivity contribution in [3.05, 3.63) is 64.2 Å². The molecule has 2 aromatic rings. The Labute approximate surface area is 132 Å². The van der Waals surface area contributed by atoms with Crippen LogP contribution in [0.5, 0.6) is 5.75 Å². The van der Waals surface area contributed by atoms with Crippen LogP contribution in [0.15, 0.2) is 48.5 Å². The molecular weight excluding hydrogens is 298 g/mol. The van der Waals surface area contributed by atoms with E-state index in [4.69, 9.17) is 10.00 Å². The van der Waals surface area contributed by atoms with E-state index in [1.807, 2.05) is 6.07 Å². The van der Waals surface area contributed by atoms with Crippen molar-refractivity contribution in [2.24, 2.45) is 0 Å². The van der Waals surface area contributed by atoms with E-state index in [1.54, 1.807) is 24.3 Å². The van der Waals surface area contributed by atoms with Gasteiger partial charge >= 0.3 is 5.69 Å². The number of hydrogen-bond acceptors (Lipinski definition) is 5. The van der Waals surface area contributed by atoms with Gasteiger partial charge in [0.25, 0.3) is 5.91 Å². The molecule has 1 atom stereocenters. The molecule has 2 aromatic carbocycles. The van der Waals surface area contributed by atoms with Crippen LogP contribution in [0.2, 0.25) is 0 Å². The molecule has 0 aliphatic rings. The van der Waals surface area contributed by atoms with Crippen LogP contribution >= 0.6 is 0 Å². The van der Waals surface area contributed by atoms with E-state index in [0.717, 1.165) is 0 Å². The number of benzene rings is 2. The Balaban J connectivity index is 2.09. The minimum Gasteiger partial charge on any atom is -0.474 e. The zero-order chi connectivity index (χ0) is 16.8. The van der Waals surface area contributed by atoms with Crippen LogP contribution in [-0.4, -0.2) is 16.9 Å². The molecule has 1 N–H and O–H groups in total. The molecule has 0 aliphatic heterocycles. The molecule has 7 heteroatoms. The molecule has 0 spiro atoms. The van der Waals surface area contributed by atoms with Crippen molar-refractivity contribution < 1.29 is 14.5 Å². The van der Waals surface area contributed by atoms with Gasteiger partial charge in [0.1, 0.15) is 0 Å². The molecule has 2 rings (SSSR count). The Morgan fingerprint density at radius 2 is 2.04 bits per heavy atom. The average molecular weight is 311 g/mol. The highest BCUT2D eigenvalue weighted by Gasteiger charge is 2.20. The molecule has 7 nitrogen and oxygen atoms in total. The highest BCUT2D eigenvalue weighted by Crippen LogP contribution is 2.27. The number of para-hydroxylation sites is 2. The summed E-state index contributed by atoms with van der Waals surface area (Å²) in [5.74, 6) is -0.454. The van der Waals surface area contributed by atoms with Gasteiger partial charge in [-0.25, -0.2) is 0 Å². The number of nitrogens with zero attached hydrogens (tertiary/aromatic N) is 2. The molecule has 0 aliphatic carbocycles. The van der Waals surface area contributed by atoms with E-state index in [-0.39, 0.29) is 11.4 Å². The van der Waals surface area contributed by atoms with Gasteiger partial charge in [-0.15, -0.1) is 0 Å². The van der Waals surface area contributed by atoms with Gasteiger partial charge < -0.3 is 10.1 Å². The van der Waals surface area contributed by atoms with Crippen LogP contribution in [0.4, 0.5) is 11.4 Å². The van der Waals surface area contributed by atoms with Gasteiger partial charge in [-0.1, -0.05) is 18.2 Å². The fourth-order valence-corrected chi connectivity index (χ4v) is 1.86. The molecule has 0 bridgehead atoms. The third kappa shape index (κ3) is 4.04. The third-order valence-corrected chi connectivity index (χ3v) is 2.99. The van der Waals surface area contributed by atoms with E-state index in [2.05, 4.69) is 5.32 Å². The molecule has 0 aromatic heterocycles. The van der Waals surface area contributed by atoms with Crippen LogP contribution in [0.25, 0.3) is 0 Å². The summed E-state index contributed by atoms with van der Waals surface area (Å²) in [6.45, 7) is 1.49. The lowest BCUT2D eigenvalue weighted by Crippen LogP contribution is -2.30. The molecule has 0 saturated carbocycles. The normalized spacial score (nSPS) is 11.1. The monoisotopic (exact) mass is 311 g/mol. The topological polar surface area (TPSA) is 105 Å². The number of hydrogen-bond donors (Lipinski definition) is 1. The first-order valence-electron chi connectivity index (χ1n) is 6.72. The molecule has 0 unspecified atom stereocenters. The smallest absolute Gasteiger partial charge is 0.310 e. The lowest BCUT2D eigenvalue weighted by Gasteiger charge is -2.14. The number of carbonyl (C=O) groups is 1. The Bertz CT molecular complexity index is 783. The van der Waals surface area contributed by atoms with E-state index in [9.17, 15) is 14.9 Å². The number of carbonyl (C=O) groups excluding carboxylic acids is 1. The predicted molar refractivity (Wildman–Crippen MR) is 83.0 cm³/mol. The molecule has 23 heavy (non-hydrogen) atoms. The summed E-state index contributed by atoms with van der Waals surface area (Å²) >= 11 is 0. The van der Waals surface area contributed by atoms with Gasteiger partial charge in [-0.2, -0.15) is 5.26 Å². The maximum atomic E-state index is 12.1. The van der Waals surface area contributed by atoms with Gasteiger partial charge in [0.15, 0.2) is 11.9 Å². The Morgan fingerprint density at radius 1 is 1.30 bits per heavy atom. The fraction of sp³-hybridized carbons (Fsp3) is 0.125. The van der Waals surface area contributed by atoms with Crippen molar-refractivity contribution in [1.29, 1.82) is 5.26 Å². The first-order valence-corrected chi connectivity index (χ1v) is 6.72. The van der Waals surface area contributed by atoms with Crippen molar-refractivity contribution >= 4 is 17.3 Å². The molecule has 0 saturated heterocycles. The Kier molecular flexibility index (Phi) is 4.89. The summed E-state index contributed by atoms with van der Waals surface area (Å²) in [6.07, 6.45) is -0.943. The predicted octanol–water partition coefficient (Wildman–Crippen LogP) is 2.87. The van der Waals surface area contributed by atoms with Gasteiger partial charge in [0.2, 0.25) is 0 Å². The first kappa shape index (κ1) is 16.0. The second-order valence-electron chi connectivity index (χ2n) is 4.67. The number of ether oxygens (including phenoxy) is 1. The third-order valence-electron chi connectivity index (χ3n) is 2.99. The number of nitro groups is 1. The zero-order valence-electron chi connectivity index (χ0n) is 12.2. The summed E-state index contributed by atoms with van der Waals surface area (Å²) in [5.41, 5.74) is 0.653. The Hall–Kier alpha value is -3.40. The molecule has 1 amide bonds. The van der Waals surface area contributed by atoms with Crippen LogP contribution in [0.3, 0.4) is 0 Å². The largest absolute Gasteiger partial charge is 0.474 e. The molecule has 0 heterocycles. The lowest BCUT2D eigenvalue weighted by molar-refractivity contribution is -0.386. The minimum absolute atomic E-state index is 0.0194. The molecule has 0 radical (unpaired) electrons. The fourth-order valence-electron chi connectivity index (χ4n) is 1.86. The summed E-state index contributed by atoms with van der Waals surface area (Å²) in [7, 11) is 0. The second-order valence-corrected chi connectivity index (χ2v) is 4.67. The minimum atomic E-state index is -0.943. The van der Waals surface area contributed by atoms with Crippen molar-refractivity contribution in [3.63, 3.8) is 0 Å². The standard InChI is InChI=1S/C16H13N3O4/c1-11(23-15-8-3-2-7-14(15)19(21)22)16(20)18-13-6-4-5-12(9-13)10-17/h2-9,11H,1H3,(H,18,20)/t11-/m0/s1. The number of nitro benzene ring substituents is 1. The van der Waals surface area contributed by atoms with Crippen LogP contribution < -0.4 is 10.1 Å². The van der Waals surface area contributed by atoms with Crippen LogP contribution in [-0.2, 0) is 4.79 Å². The van der Waals surface area contributed by atoms with Crippen LogP contribution in [0.1, 0.15) is 12.5 Å². The van der Waals surface area contributed by atoms with Crippen LogP contribution in [0, 0.1) is 21.4 Å². The van der Waals surface area contributed by atoms with Gasteiger partial charge in [0.05, 0.1) is 16.6 Å². The quantitative estimate of drug-likeness (QED) is 0.675. The van der Waals surface area contributed by atoms with Crippen molar-refractivity contribution in [3.8, 4) is 11.8 Å². The molecule has 0 fully saturated rings.